The maximum absolute atomic E-state index is 9.98. The molecule has 5 nitrogen and oxygen atoms in total. The van der Waals surface area contributed by atoms with E-state index in [2.05, 4.69) is 149 Å². The van der Waals surface area contributed by atoms with Crippen molar-refractivity contribution in [3.05, 3.63) is 248 Å². The molecule has 78 heavy (non-hydrogen) atoms. The SMILES string of the molecule is [2H]c1nc(-n2c3[c-]c(Oc4[c-]c(N5[CH-]N(c6c(-c7ccccc7)cccc6-c6cc(C(C)(C)C)cc(C(C)(C)C)c6)c6ccccc65)ccc4)ccc3c3cc(-c4ccccc4)ccc32)c([2H])c(CC([2H])(C([2H])([2H])[2H])C([2H])([2H])[2H])c1-c1ccccc1.[Pt]. The van der Waals surface area contributed by atoms with Crippen molar-refractivity contribution >= 4 is 44.6 Å². The standard InChI is InChI=1S/C72H63N4O.Pt/c1-48(2)38-53-42-69(73-46-64(53)51-26-16-11-17-27-51)76-65-37-34-52(49-22-12-9-13-23-49)41-63(65)62-36-35-59(45-68(62)76)77-58-29-20-28-57(44-58)74-47-75(67-33-19-18-32-66(67)74)70-60(50-24-14-10-15-25-50)30-21-31-61(70)54-39-55(71(3,4)5)43-56(40-54)72(6,7)8;/h9-37,39-43,46-48H,38H2,1-8H3;/q-3;/i1D3,2D3,42D,46D,48D;. The molecule has 0 spiro atoms. The zero-order valence-corrected chi connectivity index (χ0v) is 46.6. The van der Waals surface area contributed by atoms with Crippen LogP contribution < -0.4 is 14.5 Å². The van der Waals surface area contributed by atoms with E-state index >= 15 is 0 Å². The number of benzene rings is 9. The van der Waals surface area contributed by atoms with E-state index in [-0.39, 0.29) is 61.1 Å². The fraction of sp³-hybridized carbons (Fsp3) is 0.167. The maximum Gasteiger partial charge on any atom is 0.135 e. The second kappa shape index (κ2) is 21.1. The van der Waals surface area contributed by atoms with E-state index in [0.717, 1.165) is 55.8 Å². The summed E-state index contributed by atoms with van der Waals surface area (Å²) in [4.78, 5) is 9.20. The fourth-order valence-electron chi connectivity index (χ4n) is 10.4. The number of hydrogen-bond donors (Lipinski definition) is 0. The van der Waals surface area contributed by atoms with Crippen molar-refractivity contribution in [2.24, 2.45) is 5.89 Å². The van der Waals surface area contributed by atoms with Gasteiger partial charge in [-0.2, -0.15) is 12.1 Å². The van der Waals surface area contributed by atoms with Crippen LogP contribution in [0.4, 0.5) is 22.7 Å². The number of hydrogen-bond acceptors (Lipinski definition) is 4. The molecular weight excluding hydrogens is 1130 g/mol. The maximum atomic E-state index is 9.98. The van der Waals surface area contributed by atoms with Gasteiger partial charge in [0.2, 0.25) is 0 Å². The normalized spacial score (nSPS) is 14.7. The quantitative estimate of drug-likeness (QED) is 0.121. The van der Waals surface area contributed by atoms with E-state index in [1.165, 1.54) is 11.1 Å². The monoisotopic (exact) mass is 1200 g/mol. The van der Waals surface area contributed by atoms with Crippen LogP contribution in [-0.4, -0.2) is 9.55 Å². The largest absolute Gasteiger partial charge is 0.509 e. The first kappa shape index (κ1) is 42.1. The van der Waals surface area contributed by atoms with Crippen LogP contribution in [0, 0.1) is 24.7 Å². The van der Waals surface area contributed by atoms with Gasteiger partial charge >= 0.3 is 0 Å². The van der Waals surface area contributed by atoms with Crippen LogP contribution in [0.2, 0.25) is 0 Å². The molecule has 0 saturated carbocycles. The third-order valence-electron chi connectivity index (χ3n) is 14.4. The number of ether oxygens (including phenoxy) is 1. The van der Waals surface area contributed by atoms with Crippen LogP contribution in [0.1, 0.15) is 84.3 Å². The molecule has 0 fully saturated rings. The molecule has 6 heteroatoms. The number of para-hydroxylation sites is 3. The summed E-state index contributed by atoms with van der Waals surface area (Å²) in [6.07, 6.45) is -1.22. The Morgan fingerprint density at radius 2 is 1.15 bits per heavy atom. The van der Waals surface area contributed by atoms with E-state index in [0.29, 0.717) is 39.2 Å². The van der Waals surface area contributed by atoms with Gasteiger partial charge in [0, 0.05) is 87.6 Å². The molecule has 0 N–H and O–H groups in total. The summed E-state index contributed by atoms with van der Waals surface area (Å²) in [5, 5.41) is 1.47. The van der Waals surface area contributed by atoms with Gasteiger partial charge in [-0.05, 0) is 97.3 Å². The molecule has 12 rings (SSSR count). The predicted molar refractivity (Wildman–Crippen MR) is 322 cm³/mol. The number of fused-ring (bicyclic) bond motifs is 4. The van der Waals surface area contributed by atoms with Crippen molar-refractivity contribution in [2.75, 3.05) is 9.80 Å². The van der Waals surface area contributed by atoms with Crippen LogP contribution in [0.25, 0.3) is 72.1 Å². The van der Waals surface area contributed by atoms with Gasteiger partial charge in [0.15, 0.2) is 0 Å². The molecule has 0 aliphatic carbocycles. The Morgan fingerprint density at radius 3 is 1.81 bits per heavy atom. The number of anilines is 4. The molecule has 390 valence electrons. The summed E-state index contributed by atoms with van der Waals surface area (Å²) in [7, 11) is 0. The topological polar surface area (TPSA) is 33.5 Å². The zero-order chi connectivity index (χ0) is 60.7. The fourth-order valence-corrected chi connectivity index (χ4v) is 10.4. The second-order valence-electron chi connectivity index (χ2n) is 21.8. The molecule has 2 aromatic heterocycles. The van der Waals surface area contributed by atoms with E-state index in [9.17, 15) is 4.11 Å². The molecule has 1 aliphatic heterocycles. The average Bonchev–Trinajstić information content (AvgIpc) is 1.72. The van der Waals surface area contributed by atoms with Gasteiger partial charge in [0.25, 0.3) is 0 Å². The molecule has 0 bridgehead atoms. The van der Waals surface area contributed by atoms with Crippen molar-refractivity contribution in [1.29, 1.82) is 0 Å². The van der Waals surface area contributed by atoms with Crippen LogP contribution in [0.3, 0.4) is 0 Å². The van der Waals surface area contributed by atoms with E-state index in [4.69, 9.17) is 17.9 Å². The van der Waals surface area contributed by atoms with E-state index in [1.54, 1.807) is 34.9 Å². The van der Waals surface area contributed by atoms with Gasteiger partial charge < -0.3 is 19.1 Å². The summed E-state index contributed by atoms with van der Waals surface area (Å²) < 4.78 is 87.5. The third-order valence-corrected chi connectivity index (χ3v) is 14.4. The first-order valence-corrected chi connectivity index (χ1v) is 26.1. The summed E-state index contributed by atoms with van der Waals surface area (Å²) in [5.41, 5.74) is 13.6. The Bertz CT molecular complexity index is 4330. The summed E-state index contributed by atoms with van der Waals surface area (Å²) in [6, 6.07) is 73.0. The predicted octanol–water partition coefficient (Wildman–Crippen LogP) is 19.4. The Balaban J connectivity index is 0.00000784. The Morgan fingerprint density at radius 1 is 0.564 bits per heavy atom. The minimum atomic E-state index is -3.30. The molecule has 0 saturated heterocycles. The molecule has 9 aromatic carbocycles. The van der Waals surface area contributed by atoms with Gasteiger partial charge in [0.1, 0.15) is 5.82 Å². The smallest absolute Gasteiger partial charge is 0.135 e. The van der Waals surface area contributed by atoms with Crippen LogP contribution in [0.15, 0.2) is 212 Å². The first-order valence-electron chi connectivity index (χ1n) is 30.6. The number of nitrogens with zero attached hydrogens (tertiary/aromatic N) is 4. The molecular formula is C72H63N4OPt-3. The Hall–Kier alpha value is -7.98. The first-order chi connectivity index (χ1) is 40.9. The second-order valence-corrected chi connectivity index (χ2v) is 21.8. The number of aromatic nitrogens is 2. The van der Waals surface area contributed by atoms with Crippen molar-refractivity contribution < 1.29 is 38.1 Å². The summed E-state index contributed by atoms with van der Waals surface area (Å²) in [5.74, 6) is -2.43. The van der Waals surface area contributed by atoms with Crippen molar-refractivity contribution in [3.63, 3.8) is 0 Å². The molecule has 0 atom stereocenters. The average molecular weight is 1200 g/mol. The molecule has 0 radical (unpaired) electrons. The third kappa shape index (κ3) is 10.1. The zero-order valence-electron chi connectivity index (χ0n) is 53.4. The molecule has 1 aliphatic rings. The van der Waals surface area contributed by atoms with Crippen molar-refractivity contribution in [1.82, 2.24) is 9.55 Å². The van der Waals surface area contributed by atoms with E-state index < -0.39 is 26.0 Å². The Labute approximate surface area is 487 Å². The van der Waals surface area contributed by atoms with Gasteiger partial charge in [-0.25, -0.2) is 4.98 Å². The van der Waals surface area contributed by atoms with Crippen molar-refractivity contribution in [2.45, 2.75) is 72.5 Å². The number of rotatable bonds is 11. The Kier molecular flexibility index (Phi) is 11.4. The van der Waals surface area contributed by atoms with Gasteiger partial charge in [-0.15, -0.1) is 48.1 Å². The van der Waals surface area contributed by atoms with Crippen LogP contribution in [0.5, 0.6) is 11.5 Å². The molecule has 3 heterocycles. The van der Waals surface area contributed by atoms with Gasteiger partial charge in [0.05, 0.1) is 2.74 Å². The van der Waals surface area contributed by atoms with Crippen LogP contribution in [-0.2, 0) is 38.3 Å². The summed E-state index contributed by atoms with van der Waals surface area (Å²) >= 11 is 0. The molecule has 11 aromatic rings. The van der Waals surface area contributed by atoms with Crippen LogP contribution >= 0.6 is 0 Å². The minimum absolute atomic E-state index is 0. The molecule has 0 amide bonds. The number of pyridine rings is 1. The van der Waals surface area contributed by atoms with Crippen molar-refractivity contribution in [3.8, 4) is 61.8 Å². The van der Waals surface area contributed by atoms with E-state index in [1.807, 2.05) is 91.0 Å². The minimum Gasteiger partial charge on any atom is -0.509 e. The molecule has 0 unspecified atom stereocenters. The van der Waals surface area contributed by atoms with Gasteiger partial charge in [-0.1, -0.05) is 212 Å². The van der Waals surface area contributed by atoms with Gasteiger partial charge in [-0.3, -0.25) is 0 Å². The summed E-state index contributed by atoms with van der Waals surface area (Å²) in [6.45, 7) is 9.09.